The second-order valence-corrected chi connectivity index (χ2v) is 5.20. The molecule has 0 bridgehead atoms. The van der Waals surface area contributed by atoms with Gasteiger partial charge >= 0.3 is 0 Å². The summed E-state index contributed by atoms with van der Waals surface area (Å²) in [6.07, 6.45) is 7.42. The van der Waals surface area contributed by atoms with Gasteiger partial charge in [0.25, 0.3) is 0 Å². The quantitative estimate of drug-likeness (QED) is 0.640. The molecule has 2 atom stereocenters. The van der Waals surface area contributed by atoms with Gasteiger partial charge in [0.05, 0.1) is 12.2 Å². The van der Waals surface area contributed by atoms with Gasteiger partial charge < -0.3 is 9.84 Å². The van der Waals surface area contributed by atoms with E-state index in [1.165, 1.54) is 18.4 Å². The minimum absolute atomic E-state index is 0.0725. The molecule has 0 aromatic heterocycles. The molecule has 2 rings (SSSR count). The van der Waals surface area contributed by atoms with Gasteiger partial charge in [0, 0.05) is 6.61 Å². The average molecular weight is 248 g/mol. The normalized spacial score (nSPS) is 24.7. The lowest BCUT2D eigenvalue weighted by atomic mass is 10.1. The predicted molar refractivity (Wildman–Crippen MR) is 73.6 cm³/mol. The molecule has 2 nitrogen and oxygen atoms in total. The van der Waals surface area contributed by atoms with Crippen LogP contribution in [0.5, 0.6) is 0 Å². The Kier molecular flexibility index (Phi) is 5.69. The number of rotatable bonds is 5. The van der Waals surface area contributed by atoms with Crippen LogP contribution in [0.3, 0.4) is 0 Å². The summed E-state index contributed by atoms with van der Waals surface area (Å²) in [7, 11) is 0. The molecule has 0 aliphatic heterocycles. The summed E-state index contributed by atoms with van der Waals surface area (Å²) in [5, 5.41) is 9.94. The standard InChI is InChI=1S/C16H24O2/c17-15-11-5-2-6-12-16(15)18-13-7-10-14-8-3-1-4-9-14/h1,3-4,8-9,15-17H,2,5-7,10-13H2. The average Bonchev–Trinajstić information content (AvgIpc) is 2.61. The van der Waals surface area contributed by atoms with Gasteiger partial charge in [-0.05, 0) is 31.2 Å². The van der Waals surface area contributed by atoms with Crippen molar-refractivity contribution in [2.75, 3.05) is 6.61 Å². The highest BCUT2D eigenvalue weighted by Crippen LogP contribution is 2.20. The van der Waals surface area contributed by atoms with E-state index in [-0.39, 0.29) is 12.2 Å². The lowest BCUT2D eigenvalue weighted by Crippen LogP contribution is -2.28. The third-order valence-electron chi connectivity index (χ3n) is 3.70. The highest BCUT2D eigenvalue weighted by Gasteiger charge is 2.21. The van der Waals surface area contributed by atoms with Gasteiger partial charge in [-0.2, -0.15) is 0 Å². The summed E-state index contributed by atoms with van der Waals surface area (Å²) < 4.78 is 5.85. The van der Waals surface area contributed by atoms with Crippen LogP contribution in [0, 0.1) is 0 Å². The topological polar surface area (TPSA) is 29.5 Å². The van der Waals surface area contributed by atoms with E-state index in [9.17, 15) is 5.11 Å². The second kappa shape index (κ2) is 7.55. The zero-order chi connectivity index (χ0) is 12.6. The molecule has 1 aliphatic carbocycles. The van der Waals surface area contributed by atoms with Gasteiger partial charge in [-0.3, -0.25) is 0 Å². The number of hydrogen-bond acceptors (Lipinski definition) is 2. The Morgan fingerprint density at radius 1 is 1.06 bits per heavy atom. The lowest BCUT2D eigenvalue weighted by molar-refractivity contribution is -0.0407. The number of benzene rings is 1. The van der Waals surface area contributed by atoms with Crippen LogP contribution in [0.1, 0.15) is 44.1 Å². The Labute approximate surface area is 110 Å². The van der Waals surface area contributed by atoms with Crippen LogP contribution >= 0.6 is 0 Å². The molecule has 0 amide bonds. The summed E-state index contributed by atoms with van der Waals surface area (Å²) in [4.78, 5) is 0. The molecule has 1 aromatic carbocycles. The number of aliphatic hydroxyl groups is 1. The SMILES string of the molecule is OC1CCCCCC1OCCCc1ccccc1. The van der Waals surface area contributed by atoms with Crippen LogP contribution in [0.25, 0.3) is 0 Å². The maximum Gasteiger partial charge on any atom is 0.0833 e. The minimum Gasteiger partial charge on any atom is -0.390 e. The first kappa shape index (κ1) is 13.6. The van der Waals surface area contributed by atoms with E-state index in [2.05, 4.69) is 24.3 Å². The molecule has 1 fully saturated rings. The molecular formula is C16H24O2. The van der Waals surface area contributed by atoms with Gasteiger partial charge in [-0.1, -0.05) is 49.6 Å². The smallest absolute Gasteiger partial charge is 0.0833 e. The van der Waals surface area contributed by atoms with E-state index >= 15 is 0 Å². The molecular weight excluding hydrogens is 224 g/mol. The van der Waals surface area contributed by atoms with E-state index in [1.807, 2.05) is 6.07 Å². The molecule has 100 valence electrons. The largest absolute Gasteiger partial charge is 0.390 e. The molecule has 1 aromatic rings. The van der Waals surface area contributed by atoms with Crippen LogP contribution in [0.15, 0.2) is 30.3 Å². The Hall–Kier alpha value is -0.860. The van der Waals surface area contributed by atoms with Crippen LogP contribution in [0.4, 0.5) is 0 Å². The zero-order valence-corrected chi connectivity index (χ0v) is 11.1. The van der Waals surface area contributed by atoms with Crippen molar-refractivity contribution in [3.8, 4) is 0 Å². The lowest BCUT2D eigenvalue weighted by Gasteiger charge is -2.20. The van der Waals surface area contributed by atoms with Crippen molar-refractivity contribution in [1.29, 1.82) is 0 Å². The maximum absolute atomic E-state index is 9.94. The molecule has 2 unspecified atom stereocenters. The van der Waals surface area contributed by atoms with E-state index in [4.69, 9.17) is 4.74 Å². The van der Waals surface area contributed by atoms with Crippen LogP contribution < -0.4 is 0 Å². The van der Waals surface area contributed by atoms with Crippen molar-refractivity contribution >= 4 is 0 Å². The number of aliphatic hydroxyl groups excluding tert-OH is 1. The van der Waals surface area contributed by atoms with Crippen LogP contribution in [-0.4, -0.2) is 23.9 Å². The van der Waals surface area contributed by atoms with E-state index in [1.54, 1.807) is 0 Å². The van der Waals surface area contributed by atoms with Crippen LogP contribution in [-0.2, 0) is 11.2 Å². The first-order chi connectivity index (χ1) is 8.86. The summed E-state index contributed by atoms with van der Waals surface area (Å²) in [6, 6.07) is 10.5. The molecule has 1 aliphatic rings. The van der Waals surface area contributed by atoms with E-state index in [0.717, 1.165) is 38.7 Å². The Morgan fingerprint density at radius 3 is 2.67 bits per heavy atom. The Bertz CT molecular complexity index is 323. The third kappa shape index (κ3) is 4.43. The first-order valence-corrected chi connectivity index (χ1v) is 7.20. The molecule has 18 heavy (non-hydrogen) atoms. The Balaban J connectivity index is 1.65. The molecule has 0 radical (unpaired) electrons. The van der Waals surface area contributed by atoms with Crippen molar-refractivity contribution in [2.24, 2.45) is 0 Å². The van der Waals surface area contributed by atoms with E-state index < -0.39 is 0 Å². The molecule has 0 heterocycles. The van der Waals surface area contributed by atoms with Gasteiger partial charge in [-0.25, -0.2) is 0 Å². The highest BCUT2D eigenvalue weighted by molar-refractivity contribution is 5.14. The van der Waals surface area contributed by atoms with Crippen molar-refractivity contribution in [1.82, 2.24) is 0 Å². The van der Waals surface area contributed by atoms with E-state index in [0.29, 0.717) is 0 Å². The van der Waals surface area contributed by atoms with Crippen LogP contribution in [0.2, 0.25) is 0 Å². The highest BCUT2D eigenvalue weighted by atomic mass is 16.5. The van der Waals surface area contributed by atoms with Crippen molar-refractivity contribution in [3.63, 3.8) is 0 Å². The monoisotopic (exact) mass is 248 g/mol. The van der Waals surface area contributed by atoms with Crippen molar-refractivity contribution in [2.45, 2.75) is 57.2 Å². The molecule has 0 saturated heterocycles. The van der Waals surface area contributed by atoms with Gasteiger partial charge in [0.15, 0.2) is 0 Å². The fraction of sp³-hybridized carbons (Fsp3) is 0.625. The summed E-state index contributed by atoms with van der Waals surface area (Å²) in [5.41, 5.74) is 1.36. The fourth-order valence-corrected chi connectivity index (χ4v) is 2.60. The third-order valence-corrected chi connectivity index (χ3v) is 3.70. The second-order valence-electron chi connectivity index (χ2n) is 5.20. The van der Waals surface area contributed by atoms with Gasteiger partial charge in [0.2, 0.25) is 0 Å². The summed E-state index contributed by atoms with van der Waals surface area (Å²) >= 11 is 0. The Morgan fingerprint density at radius 2 is 1.83 bits per heavy atom. The van der Waals surface area contributed by atoms with Gasteiger partial charge in [0.1, 0.15) is 0 Å². The van der Waals surface area contributed by atoms with Crippen molar-refractivity contribution in [3.05, 3.63) is 35.9 Å². The first-order valence-electron chi connectivity index (χ1n) is 7.20. The molecule has 2 heteroatoms. The molecule has 1 N–H and O–H groups in total. The fourth-order valence-electron chi connectivity index (χ4n) is 2.60. The van der Waals surface area contributed by atoms with Gasteiger partial charge in [-0.15, -0.1) is 0 Å². The molecule has 0 spiro atoms. The zero-order valence-electron chi connectivity index (χ0n) is 11.1. The number of hydrogen-bond donors (Lipinski definition) is 1. The van der Waals surface area contributed by atoms with Crippen molar-refractivity contribution < 1.29 is 9.84 Å². The minimum atomic E-state index is -0.246. The maximum atomic E-state index is 9.94. The predicted octanol–water partition coefficient (Wildman–Crippen LogP) is 3.33. The summed E-state index contributed by atoms with van der Waals surface area (Å²) in [6.45, 7) is 0.761. The number of ether oxygens (including phenoxy) is 1. The summed E-state index contributed by atoms with van der Waals surface area (Å²) in [5.74, 6) is 0. The number of aryl methyl sites for hydroxylation is 1. The molecule has 1 saturated carbocycles.